The van der Waals surface area contributed by atoms with Crippen LogP contribution in [0.1, 0.15) is 17.4 Å². The van der Waals surface area contributed by atoms with Crippen molar-refractivity contribution in [2.24, 2.45) is 0 Å². The van der Waals surface area contributed by atoms with Crippen LogP contribution in [-0.2, 0) is 4.74 Å². The number of ether oxygens (including phenoxy) is 1. The van der Waals surface area contributed by atoms with Gasteiger partial charge in [-0.2, -0.15) is 4.68 Å². The number of benzene rings is 2. The summed E-state index contributed by atoms with van der Waals surface area (Å²) in [7, 11) is 0. The van der Waals surface area contributed by atoms with E-state index in [2.05, 4.69) is 15.5 Å². The molecule has 1 fully saturated rings. The molecule has 0 aliphatic carbocycles. The molecule has 0 saturated carbocycles. The molecule has 1 aliphatic heterocycles. The maximum absolute atomic E-state index is 11.7. The molecule has 1 saturated heterocycles. The van der Waals surface area contributed by atoms with Gasteiger partial charge in [-0.25, -0.2) is 0 Å². The minimum absolute atomic E-state index is 0.0483. The van der Waals surface area contributed by atoms with E-state index in [4.69, 9.17) is 16.3 Å². The van der Waals surface area contributed by atoms with Crippen LogP contribution in [0.2, 0.25) is 5.02 Å². The van der Waals surface area contributed by atoms with Crippen LogP contribution in [0, 0.1) is 10.1 Å². The number of hydrogen-bond acceptors (Lipinski definition) is 6. The van der Waals surface area contributed by atoms with Crippen molar-refractivity contribution in [3.8, 4) is 5.69 Å². The van der Waals surface area contributed by atoms with Crippen molar-refractivity contribution < 1.29 is 14.6 Å². The quantitative estimate of drug-likeness (QED) is 0.509. The number of nitro benzene ring substituents is 1. The molecular formula is C18H18ClN6O3+. The van der Waals surface area contributed by atoms with Gasteiger partial charge >= 0.3 is 0 Å². The Hall–Kier alpha value is -2.88. The summed E-state index contributed by atoms with van der Waals surface area (Å²) in [6.45, 7) is 2.54. The molecule has 0 amide bonds. The van der Waals surface area contributed by atoms with E-state index in [-0.39, 0.29) is 10.6 Å². The highest BCUT2D eigenvalue weighted by molar-refractivity contribution is 6.30. The van der Waals surface area contributed by atoms with Crippen LogP contribution in [0.5, 0.6) is 0 Å². The van der Waals surface area contributed by atoms with Crippen molar-refractivity contribution in [1.29, 1.82) is 0 Å². The van der Waals surface area contributed by atoms with Crippen molar-refractivity contribution in [1.82, 2.24) is 20.2 Å². The molecule has 1 N–H and O–H groups in total. The average Bonchev–Trinajstić information content (AvgIpc) is 3.19. The monoisotopic (exact) mass is 401 g/mol. The first kappa shape index (κ1) is 18.5. The zero-order valence-electron chi connectivity index (χ0n) is 14.9. The Kier molecular flexibility index (Phi) is 5.29. The summed E-state index contributed by atoms with van der Waals surface area (Å²) < 4.78 is 7.07. The number of morpholine rings is 1. The lowest BCUT2D eigenvalue weighted by atomic mass is 10.0. The van der Waals surface area contributed by atoms with Gasteiger partial charge in [0.1, 0.15) is 13.1 Å². The van der Waals surface area contributed by atoms with Gasteiger partial charge in [-0.15, -0.1) is 5.10 Å². The zero-order valence-corrected chi connectivity index (χ0v) is 15.6. The molecule has 2 heterocycles. The van der Waals surface area contributed by atoms with E-state index in [1.165, 1.54) is 6.07 Å². The minimum atomic E-state index is -0.417. The van der Waals surface area contributed by atoms with Crippen LogP contribution in [0.15, 0.2) is 48.5 Å². The molecule has 0 unspecified atom stereocenters. The lowest BCUT2D eigenvalue weighted by Crippen LogP contribution is -3.14. The summed E-state index contributed by atoms with van der Waals surface area (Å²) in [6, 6.07) is 13.5. The van der Waals surface area contributed by atoms with E-state index < -0.39 is 6.04 Å². The van der Waals surface area contributed by atoms with Gasteiger partial charge in [-0.1, -0.05) is 29.8 Å². The third-order valence-corrected chi connectivity index (χ3v) is 5.03. The van der Waals surface area contributed by atoms with Gasteiger partial charge in [0, 0.05) is 11.1 Å². The summed E-state index contributed by atoms with van der Waals surface area (Å²) in [6.07, 6.45) is 0. The number of para-hydroxylation sites is 1. The van der Waals surface area contributed by atoms with Gasteiger partial charge in [0.25, 0.3) is 5.69 Å². The first-order chi connectivity index (χ1) is 13.6. The normalized spacial score (nSPS) is 16.0. The standard InChI is InChI=1S/C18H17ClN6O3/c19-13-4-3-5-14(12-13)24-18(20-21-22-24)17(23-8-10-28-11-9-23)15-6-1-2-7-16(15)25(26)27/h1-7,12,17H,8-11H2/p+1/t17-/m0/s1. The molecule has 1 atom stereocenters. The molecular weight excluding hydrogens is 384 g/mol. The van der Waals surface area contributed by atoms with E-state index in [1.54, 1.807) is 35.0 Å². The minimum Gasteiger partial charge on any atom is -0.370 e. The summed E-state index contributed by atoms with van der Waals surface area (Å²) in [5.41, 5.74) is 1.32. The number of nitro groups is 1. The predicted octanol–water partition coefficient (Wildman–Crippen LogP) is 1.23. The molecule has 2 aromatic carbocycles. The highest BCUT2D eigenvalue weighted by Crippen LogP contribution is 2.28. The Bertz CT molecular complexity index is 989. The average molecular weight is 402 g/mol. The number of halogens is 1. The van der Waals surface area contributed by atoms with E-state index in [1.807, 2.05) is 12.1 Å². The first-order valence-corrected chi connectivity index (χ1v) is 9.23. The van der Waals surface area contributed by atoms with Gasteiger partial charge in [-0.05, 0) is 34.7 Å². The van der Waals surface area contributed by atoms with E-state index >= 15 is 0 Å². The van der Waals surface area contributed by atoms with Gasteiger partial charge < -0.3 is 9.64 Å². The van der Waals surface area contributed by atoms with Crippen LogP contribution in [0.25, 0.3) is 5.69 Å². The summed E-state index contributed by atoms with van der Waals surface area (Å²) in [5.74, 6) is 0.522. The number of quaternary nitrogens is 1. The van der Waals surface area contributed by atoms with Crippen molar-refractivity contribution in [2.75, 3.05) is 26.3 Å². The van der Waals surface area contributed by atoms with Gasteiger partial charge in [0.15, 0.2) is 6.04 Å². The van der Waals surface area contributed by atoms with Crippen LogP contribution >= 0.6 is 11.6 Å². The Morgan fingerprint density at radius 2 is 1.96 bits per heavy atom. The highest BCUT2D eigenvalue weighted by Gasteiger charge is 2.37. The molecule has 0 bridgehead atoms. The second-order valence-electron chi connectivity index (χ2n) is 6.45. The molecule has 9 nitrogen and oxygen atoms in total. The zero-order chi connectivity index (χ0) is 19.5. The number of aromatic nitrogens is 4. The number of rotatable bonds is 5. The molecule has 4 rings (SSSR count). The van der Waals surface area contributed by atoms with Gasteiger partial charge in [0.2, 0.25) is 5.82 Å². The van der Waals surface area contributed by atoms with Gasteiger partial charge in [-0.3, -0.25) is 10.1 Å². The van der Waals surface area contributed by atoms with Crippen molar-refractivity contribution in [2.45, 2.75) is 6.04 Å². The van der Waals surface area contributed by atoms with Crippen LogP contribution < -0.4 is 4.90 Å². The van der Waals surface area contributed by atoms with E-state index in [9.17, 15) is 10.1 Å². The molecule has 10 heteroatoms. The topological polar surface area (TPSA) is 100 Å². The lowest BCUT2D eigenvalue weighted by molar-refractivity contribution is -0.933. The number of tetrazole rings is 1. The van der Waals surface area contributed by atoms with Crippen LogP contribution in [0.4, 0.5) is 5.69 Å². The summed E-state index contributed by atoms with van der Waals surface area (Å²) in [5, 5.41) is 24.5. The molecule has 3 aromatic rings. The number of hydrogen-bond donors (Lipinski definition) is 1. The van der Waals surface area contributed by atoms with Crippen molar-refractivity contribution in [3.05, 3.63) is 75.1 Å². The Morgan fingerprint density at radius 3 is 2.71 bits per heavy atom. The highest BCUT2D eigenvalue weighted by atomic mass is 35.5. The van der Waals surface area contributed by atoms with Crippen LogP contribution in [0.3, 0.4) is 0 Å². The fourth-order valence-electron chi connectivity index (χ4n) is 3.53. The Labute approximate surface area is 165 Å². The summed E-state index contributed by atoms with van der Waals surface area (Å²) in [4.78, 5) is 12.4. The van der Waals surface area contributed by atoms with Crippen molar-refractivity contribution >= 4 is 17.3 Å². The number of nitrogens with one attached hydrogen (secondary N) is 1. The Morgan fingerprint density at radius 1 is 1.18 bits per heavy atom. The smallest absolute Gasteiger partial charge is 0.279 e. The maximum atomic E-state index is 11.7. The second kappa shape index (κ2) is 8.01. The second-order valence-corrected chi connectivity index (χ2v) is 6.88. The fourth-order valence-corrected chi connectivity index (χ4v) is 3.71. The Balaban J connectivity index is 1.87. The predicted molar refractivity (Wildman–Crippen MR) is 101 cm³/mol. The van der Waals surface area contributed by atoms with Gasteiger partial charge in [0.05, 0.1) is 29.4 Å². The molecule has 0 spiro atoms. The molecule has 1 aromatic heterocycles. The number of nitrogens with zero attached hydrogens (tertiary/aromatic N) is 5. The van der Waals surface area contributed by atoms with E-state index in [0.717, 1.165) is 4.90 Å². The third-order valence-electron chi connectivity index (χ3n) is 4.79. The largest absolute Gasteiger partial charge is 0.370 e. The molecule has 28 heavy (non-hydrogen) atoms. The SMILES string of the molecule is O=[N+]([O-])c1ccccc1[C@@H](c1nnnn1-c1cccc(Cl)c1)[NH+]1CCOCC1. The van der Waals surface area contributed by atoms with E-state index in [0.29, 0.717) is 48.4 Å². The molecule has 144 valence electrons. The molecule has 0 radical (unpaired) electrons. The third kappa shape index (κ3) is 3.59. The first-order valence-electron chi connectivity index (χ1n) is 8.85. The molecule has 1 aliphatic rings. The summed E-state index contributed by atoms with van der Waals surface area (Å²) >= 11 is 6.13. The lowest BCUT2D eigenvalue weighted by Gasteiger charge is -2.30. The van der Waals surface area contributed by atoms with Crippen molar-refractivity contribution in [3.63, 3.8) is 0 Å². The maximum Gasteiger partial charge on any atom is 0.279 e. The van der Waals surface area contributed by atoms with Crippen LogP contribution in [-0.4, -0.2) is 51.4 Å². The fraction of sp³-hybridized carbons (Fsp3) is 0.278.